The van der Waals surface area contributed by atoms with Crippen molar-refractivity contribution in [1.29, 1.82) is 0 Å². The second-order valence-corrected chi connectivity index (χ2v) is 7.42. The quantitative estimate of drug-likeness (QED) is 0.730. The fourth-order valence-electron chi connectivity index (χ4n) is 2.15. The molecule has 0 radical (unpaired) electrons. The number of benzene rings is 1. The van der Waals surface area contributed by atoms with E-state index in [9.17, 15) is 4.79 Å². The highest BCUT2D eigenvalue weighted by Crippen LogP contribution is 2.25. The number of carbonyl (C=O) groups excluding carboxylic acids is 1. The van der Waals surface area contributed by atoms with Crippen LogP contribution >= 0.6 is 23.1 Å². The number of carbonyl (C=O) groups is 1. The summed E-state index contributed by atoms with van der Waals surface area (Å²) in [7, 11) is 0. The standard InChI is InChI=1S/C16H16N4OS2/c1-9-4-5-12-7-10(2)15(17-13(12)6-9)22-8-14(21)18-16-20-19-11(3)23-16/h4-7H,8H2,1-3H3,(H,18,20,21). The molecule has 0 spiro atoms. The average molecular weight is 344 g/mol. The molecule has 3 rings (SSSR count). The molecule has 0 fully saturated rings. The number of rotatable bonds is 4. The fraction of sp³-hybridized carbons (Fsp3) is 0.250. The summed E-state index contributed by atoms with van der Waals surface area (Å²) in [5.41, 5.74) is 3.21. The Labute approximate surface area is 142 Å². The second-order valence-electron chi connectivity index (χ2n) is 5.27. The first-order valence-electron chi connectivity index (χ1n) is 7.12. The molecule has 1 amide bonds. The van der Waals surface area contributed by atoms with Crippen molar-refractivity contribution in [2.45, 2.75) is 25.8 Å². The van der Waals surface area contributed by atoms with E-state index < -0.39 is 0 Å². The van der Waals surface area contributed by atoms with Gasteiger partial charge in [0.1, 0.15) is 10.0 Å². The SMILES string of the molecule is Cc1ccc2cc(C)c(SCC(=O)Nc3nnc(C)s3)nc2c1. The van der Waals surface area contributed by atoms with Crippen molar-refractivity contribution in [2.75, 3.05) is 11.1 Å². The Kier molecular flexibility index (Phi) is 4.58. The summed E-state index contributed by atoms with van der Waals surface area (Å²) in [4.78, 5) is 16.7. The first-order valence-corrected chi connectivity index (χ1v) is 8.92. The molecule has 0 unspecified atom stereocenters. The molecule has 23 heavy (non-hydrogen) atoms. The smallest absolute Gasteiger partial charge is 0.236 e. The summed E-state index contributed by atoms with van der Waals surface area (Å²) in [6.07, 6.45) is 0. The Morgan fingerprint density at radius 2 is 2.04 bits per heavy atom. The van der Waals surface area contributed by atoms with Crippen molar-refractivity contribution in [3.8, 4) is 0 Å². The largest absolute Gasteiger partial charge is 0.300 e. The van der Waals surface area contributed by atoms with Gasteiger partial charge in [0.25, 0.3) is 0 Å². The Hall–Kier alpha value is -1.99. The minimum Gasteiger partial charge on any atom is -0.300 e. The third-order valence-electron chi connectivity index (χ3n) is 3.23. The Morgan fingerprint density at radius 1 is 1.22 bits per heavy atom. The molecular weight excluding hydrogens is 328 g/mol. The van der Waals surface area contributed by atoms with E-state index in [1.54, 1.807) is 0 Å². The highest BCUT2D eigenvalue weighted by Gasteiger charge is 2.10. The molecule has 0 aliphatic heterocycles. The summed E-state index contributed by atoms with van der Waals surface area (Å²) >= 11 is 2.80. The van der Waals surface area contributed by atoms with Gasteiger partial charge in [0.15, 0.2) is 0 Å². The van der Waals surface area contributed by atoms with Crippen LogP contribution in [0.15, 0.2) is 29.3 Å². The molecule has 2 heterocycles. The van der Waals surface area contributed by atoms with Crippen molar-refractivity contribution < 1.29 is 4.79 Å². The summed E-state index contributed by atoms with van der Waals surface area (Å²) in [5, 5.41) is 13.9. The van der Waals surface area contributed by atoms with Crippen LogP contribution in [0.1, 0.15) is 16.1 Å². The van der Waals surface area contributed by atoms with E-state index in [0.717, 1.165) is 26.5 Å². The van der Waals surface area contributed by atoms with E-state index in [1.807, 2.05) is 20.8 Å². The molecule has 0 aliphatic rings. The summed E-state index contributed by atoms with van der Waals surface area (Å²) < 4.78 is 0. The number of thioether (sulfide) groups is 1. The highest BCUT2D eigenvalue weighted by atomic mass is 32.2. The van der Waals surface area contributed by atoms with Gasteiger partial charge in [0, 0.05) is 5.39 Å². The fourth-order valence-corrected chi connectivity index (χ4v) is 3.55. The van der Waals surface area contributed by atoms with Gasteiger partial charge in [-0.05, 0) is 44.0 Å². The van der Waals surface area contributed by atoms with Gasteiger partial charge in [0.2, 0.25) is 11.0 Å². The second kappa shape index (κ2) is 6.64. The third kappa shape index (κ3) is 3.86. The maximum atomic E-state index is 12.0. The van der Waals surface area contributed by atoms with E-state index in [2.05, 4.69) is 44.8 Å². The van der Waals surface area contributed by atoms with E-state index in [-0.39, 0.29) is 5.91 Å². The number of hydrogen-bond donors (Lipinski definition) is 1. The lowest BCUT2D eigenvalue weighted by Gasteiger charge is -2.07. The minimum atomic E-state index is -0.100. The normalized spacial score (nSPS) is 10.9. The first kappa shape index (κ1) is 15.9. The lowest BCUT2D eigenvalue weighted by molar-refractivity contribution is -0.113. The highest BCUT2D eigenvalue weighted by molar-refractivity contribution is 8.00. The zero-order chi connectivity index (χ0) is 16.4. The van der Waals surface area contributed by atoms with E-state index in [0.29, 0.717) is 10.9 Å². The molecule has 0 aliphatic carbocycles. The lowest BCUT2D eigenvalue weighted by Crippen LogP contribution is -2.14. The van der Waals surface area contributed by atoms with Crippen LogP contribution in [0, 0.1) is 20.8 Å². The van der Waals surface area contributed by atoms with Crippen molar-refractivity contribution in [3.05, 3.63) is 40.4 Å². The zero-order valence-corrected chi connectivity index (χ0v) is 14.7. The van der Waals surface area contributed by atoms with E-state index in [4.69, 9.17) is 0 Å². The number of nitrogens with zero attached hydrogens (tertiary/aromatic N) is 3. The van der Waals surface area contributed by atoms with Crippen LogP contribution in [-0.2, 0) is 4.79 Å². The molecule has 2 aromatic heterocycles. The van der Waals surface area contributed by atoms with Gasteiger partial charge in [0.05, 0.1) is 11.3 Å². The van der Waals surface area contributed by atoms with Gasteiger partial charge >= 0.3 is 0 Å². The molecule has 0 bridgehead atoms. The number of hydrogen-bond acceptors (Lipinski definition) is 6. The van der Waals surface area contributed by atoms with Gasteiger partial charge < -0.3 is 0 Å². The van der Waals surface area contributed by atoms with Gasteiger partial charge in [-0.15, -0.1) is 10.2 Å². The Bertz CT molecular complexity index is 876. The number of nitrogens with one attached hydrogen (secondary N) is 1. The third-order valence-corrected chi connectivity index (χ3v) is 5.08. The summed E-state index contributed by atoms with van der Waals surface area (Å²) in [5.74, 6) is 0.195. The predicted octanol–water partition coefficient (Wildman–Crippen LogP) is 3.74. The molecule has 1 N–H and O–H groups in total. The van der Waals surface area contributed by atoms with Gasteiger partial charge in [-0.2, -0.15) is 0 Å². The van der Waals surface area contributed by atoms with Crippen molar-refractivity contribution >= 4 is 45.0 Å². The van der Waals surface area contributed by atoms with Crippen LogP contribution in [0.5, 0.6) is 0 Å². The van der Waals surface area contributed by atoms with Crippen LogP contribution in [-0.4, -0.2) is 26.8 Å². The van der Waals surface area contributed by atoms with Crippen LogP contribution in [0.25, 0.3) is 10.9 Å². The topological polar surface area (TPSA) is 67.8 Å². The zero-order valence-electron chi connectivity index (χ0n) is 13.1. The molecule has 118 valence electrons. The maximum Gasteiger partial charge on any atom is 0.236 e. The monoisotopic (exact) mass is 344 g/mol. The summed E-state index contributed by atoms with van der Waals surface area (Å²) in [6, 6.07) is 8.32. The molecule has 0 atom stereocenters. The number of amides is 1. The summed E-state index contributed by atoms with van der Waals surface area (Å²) in [6.45, 7) is 5.92. The number of aromatic nitrogens is 3. The van der Waals surface area contributed by atoms with Crippen LogP contribution in [0.4, 0.5) is 5.13 Å². The Morgan fingerprint density at radius 3 is 2.78 bits per heavy atom. The van der Waals surface area contributed by atoms with E-state index in [1.165, 1.54) is 28.7 Å². The van der Waals surface area contributed by atoms with Crippen molar-refractivity contribution in [1.82, 2.24) is 15.2 Å². The molecule has 0 saturated carbocycles. The Balaban J connectivity index is 1.71. The molecule has 1 aromatic carbocycles. The van der Waals surface area contributed by atoms with Gasteiger partial charge in [-0.25, -0.2) is 4.98 Å². The van der Waals surface area contributed by atoms with Crippen molar-refractivity contribution in [2.24, 2.45) is 0 Å². The van der Waals surface area contributed by atoms with Crippen molar-refractivity contribution in [3.63, 3.8) is 0 Å². The molecule has 7 heteroatoms. The van der Waals surface area contributed by atoms with Crippen LogP contribution in [0.3, 0.4) is 0 Å². The molecule has 5 nitrogen and oxygen atoms in total. The number of aryl methyl sites for hydroxylation is 3. The number of pyridine rings is 1. The predicted molar refractivity (Wildman–Crippen MR) is 95.2 cm³/mol. The average Bonchev–Trinajstić information content (AvgIpc) is 2.90. The lowest BCUT2D eigenvalue weighted by atomic mass is 10.1. The van der Waals surface area contributed by atoms with Gasteiger partial charge in [-0.3, -0.25) is 10.1 Å². The van der Waals surface area contributed by atoms with Gasteiger partial charge in [-0.1, -0.05) is 35.2 Å². The molecule has 3 aromatic rings. The number of fused-ring (bicyclic) bond motifs is 1. The molecule has 0 saturated heterocycles. The maximum absolute atomic E-state index is 12.0. The van der Waals surface area contributed by atoms with Crippen LogP contribution in [0.2, 0.25) is 0 Å². The van der Waals surface area contributed by atoms with E-state index >= 15 is 0 Å². The first-order chi connectivity index (χ1) is 11.0. The molecular formula is C16H16N4OS2. The minimum absolute atomic E-state index is 0.100. The number of anilines is 1. The van der Waals surface area contributed by atoms with Crippen LogP contribution < -0.4 is 5.32 Å².